The molecule has 1 aliphatic rings. The summed E-state index contributed by atoms with van der Waals surface area (Å²) in [4.78, 5) is 11.6. The van der Waals surface area contributed by atoms with Crippen LogP contribution in [-0.2, 0) is 14.8 Å². The van der Waals surface area contributed by atoms with Crippen molar-refractivity contribution in [3.05, 3.63) is 0 Å². The van der Waals surface area contributed by atoms with Gasteiger partial charge in [0.2, 0.25) is 15.9 Å². The van der Waals surface area contributed by atoms with Gasteiger partial charge in [0.25, 0.3) is 0 Å². The number of hydrogen-bond donors (Lipinski definition) is 3. The van der Waals surface area contributed by atoms with E-state index in [9.17, 15) is 13.2 Å². The van der Waals surface area contributed by atoms with Crippen LogP contribution in [0.1, 0.15) is 27.2 Å². The smallest absolute Gasteiger partial charge is 0.238 e. The Hall–Kier alpha value is -0.660. The topological polar surface area (TPSA) is 87.3 Å². The van der Waals surface area contributed by atoms with Crippen LogP contribution in [0.15, 0.2) is 0 Å². The minimum Gasteiger partial charge on any atom is -0.353 e. The Bertz CT molecular complexity index is 361. The highest BCUT2D eigenvalue weighted by Gasteiger charge is 2.31. The second-order valence-electron chi connectivity index (χ2n) is 4.66. The Morgan fingerprint density at radius 3 is 2.47 bits per heavy atom. The van der Waals surface area contributed by atoms with Crippen molar-refractivity contribution in [2.45, 2.75) is 44.5 Å². The summed E-state index contributed by atoms with van der Waals surface area (Å²) in [5, 5.41) is 5.23. The van der Waals surface area contributed by atoms with Crippen molar-refractivity contribution in [1.82, 2.24) is 15.4 Å². The first-order valence-corrected chi connectivity index (χ1v) is 7.40. The van der Waals surface area contributed by atoms with E-state index in [1.54, 1.807) is 6.92 Å². The number of rotatable bonds is 5. The van der Waals surface area contributed by atoms with E-state index in [0.29, 0.717) is 19.5 Å². The molecule has 1 fully saturated rings. The highest BCUT2D eigenvalue weighted by atomic mass is 32.2. The number of hydrogen-bond acceptors (Lipinski definition) is 4. The van der Waals surface area contributed by atoms with E-state index in [1.807, 2.05) is 13.8 Å². The third-order valence-electron chi connectivity index (χ3n) is 2.62. The predicted molar refractivity (Wildman–Crippen MR) is 66.1 cm³/mol. The second kappa shape index (κ2) is 5.79. The second-order valence-corrected chi connectivity index (χ2v) is 6.66. The molecular formula is C10H21N3O3S. The van der Waals surface area contributed by atoms with Crippen LogP contribution in [0.25, 0.3) is 0 Å². The molecule has 2 unspecified atom stereocenters. The maximum atomic E-state index is 11.9. The maximum absolute atomic E-state index is 11.9. The average molecular weight is 263 g/mol. The predicted octanol–water partition coefficient (Wildman–Crippen LogP) is -0.819. The lowest BCUT2D eigenvalue weighted by atomic mass is 10.3. The van der Waals surface area contributed by atoms with E-state index in [-0.39, 0.29) is 11.9 Å². The minimum atomic E-state index is -3.41. The van der Waals surface area contributed by atoms with Crippen molar-refractivity contribution in [3.8, 4) is 0 Å². The van der Waals surface area contributed by atoms with E-state index in [0.717, 1.165) is 0 Å². The van der Waals surface area contributed by atoms with Crippen LogP contribution in [0, 0.1) is 0 Å². The quantitative estimate of drug-likeness (QED) is 0.605. The van der Waals surface area contributed by atoms with Gasteiger partial charge in [-0.3, -0.25) is 4.79 Å². The monoisotopic (exact) mass is 263 g/mol. The zero-order chi connectivity index (χ0) is 13.1. The van der Waals surface area contributed by atoms with Gasteiger partial charge >= 0.3 is 0 Å². The first-order chi connectivity index (χ1) is 7.83. The molecule has 1 heterocycles. The van der Waals surface area contributed by atoms with Crippen LogP contribution in [0.4, 0.5) is 0 Å². The molecule has 1 amide bonds. The lowest BCUT2D eigenvalue weighted by Gasteiger charge is -2.18. The molecule has 0 saturated carbocycles. The molecule has 0 spiro atoms. The summed E-state index contributed by atoms with van der Waals surface area (Å²) in [6.45, 7) is 6.38. The molecule has 0 bridgehead atoms. The van der Waals surface area contributed by atoms with Crippen LogP contribution in [0.2, 0.25) is 0 Å². The third kappa shape index (κ3) is 4.25. The van der Waals surface area contributed by atoms with Crippen LogP contribution >= 0.6 is 0 Å². The van der Waals surface area contributed by atoms with Gasteiger partial charge in [0.05, 0.1) is 11.3 Å². The van der Waals surface area contributed by atoms with E-state index in [4.69, 9.17) is 0 Å². The van der Waals surface area contributed by atoms with Crippen LogP contribution < -0.4 is 15.4 Å². The summed E-state index contributed by atoms with van der Waals surface area (Å²) < 4.78 is 26.2. The first-order valence-electron chi connectivity index (χ1n) is 5.85. The van der Waals surface area contributed by atoms with Gasteiger partial charge in [-0.15, -0.1) is 0 Å². The van der Waals surface area contributed by atoms with Crippen LogP contribution in [0.3, 0.4) is 0 Å². The van der Waals surface area contributed by atoms with Crippen molar-refractivity contribution in [2.75, 3.05) is 13.1 Å². The zero-order valence-electron chi connectivity index (χ0n) is 10.5. The molecule has 2 atom stereocenters. The number of carbonyl (C=O) groups excluding carboxylic acids is 1. The van der Waals surface area contributed by atoms with E-state index < -0.39 is 21.3 Å². The number of nitrogens with one attached hydrogen (secondary N) is 3. The van der Waals surface area contributed by atoms with Gasteiger partial charge in [-0.2, -0.15) is 0 Å². The summed E-state index contributed by atoms with van der Waals surface area (Å²) in [5.74, 6) is -0.297. The molecule has 1 rings (SSSR count). The van der Waals surface area contributed by atoms with Crippen molar-refractivity contribution < 1.29 is 13.2 Å². The largest absolute Gasteiger partial charge is 0.353 e. The van der Waals surface area contributed by atoms with E-state index >= 15 is 0 Å². The van der Waals surface area contributed by atoms with Gasteiger partial charge in [0, 0.05) is 12.6 Å². The highest BCUT2D eigenvalue weighted by Crippen LogP contribution is 2.08. The molecule has 0 aromatic carbocycles. The Kier molecular flexibility index (Phi) is 4.91. The molecule has 6 nitrogen and oxygen atoms in total. The van der Waals surface area contributed by atoms with E-state index in [1.165, 1.54) is 0 Å². The Labute approximate surface area is 103 Å². The fourth-order valence-electron chi connectivity index (χ4n) is 1.70. The molecular weight excluding hydrogens is 242 g/mol. The fourth-order valence-corrected chi connectivity index (χ4v) is 3.26. The van der Waals surface area contributed by atoms with Gasteiger partial charge in [-0.1, -0.05) is 0 Å². The summed E-state index contributed by atoms with van der Waals surface area (Å²) in [6, 6.07) is -0.731. The summed E-state index contributed by atoms with van der Waals surface area (Å²) >= 11 is 0. The number of carbonyl (C=O) groups is 1. The summed E-state index contributed by atoms with van der Waals surface area (Å²) in [5.41, 5.74) is 0. The fraction of sp³-hybridized carbons (Fsp3) is 0.900. The van der Waals surface area contributed by atoms with Gasteiger partial charge < -0.3 is 10.6 Å². The van der Waals surface area contributed by atoms with E-state index in [2.05, 4.69) is 15.4 Å². The Morgan fingerprint density at radius 1 is 1.35 bits per heavy atom. The Morgan fingerprint density at radius 2 is 2.00 bits per heavy atom. The summed E-state index contributed by atoms with van der Waals surface area (Å²) in [7, 11) is -3.41. The molecule has 3 N–H and O–H groups in total. The van der Waals surface area contributed by atoms with Gasteiger partial charge in [-0.25, -0.2) is 13.1 Å². The molecule has 100 valence electrons. The zero-order valence-corrected chi connectivity index (χ0v) is 11.3. The number of sulfonamides is 1. The van der Waals surface area contributed by atoms with Gasteiger partial charge in [0.1, 0.15) is 0 Å². The molecule has 0 aliphatic carbocycles. The average Bonchev–Trinajstić information content (AvgIpc) is 2.68. The normalized spacial score (nSPS) is 22.7. The van der Waals surface area contributed by atoms with Gasteiger partial charge in [0.15, 0.2) is 0 Å². The molecule has 7 heteroatoms. The lowest BCUT2D eigenvalue weighted by Crippen LogP contribution is -2.49. The Balaban J connectivity index is 2.54. The lowest BCUT2D eigenvalue weighted by molar-refractivity contribution is -0.122. The summed E-state index contributed by atoms with van der Waals surface area (Å²) in [6.07, 6.45) is 0.591. The minimum absolute atomic E-state index is 0.00241. The molecule has 1 aliphatic heterocycles. The SMILES string of the molecule is CC(C)NC(=O)C(C)NS(=O)(=O)C1CCNC1. The molecule has 0 aromatic rings. The highest BCUT2D eigenvalue weighted by molar-refractivity contribution is 7.90. The number of amides is 1. The molecule has 17 heavy (non-hydrogen) atoms. The third-order valence-corrected chi connectivity index (χ3v) is 4.58. The first kappa shape index (κ1) is 14.4. The molecule has 0 radical (unpaired) electrons. The van der Waals surface area contributed by atoms with Crippen molar-refractivity contribution in [1.29, 1.82) is 0 Å². The van der Waals surface area contributed by atoms with Crippen LogP contribution in [0.5, 0.6) is 0 Å². The van der Waals surface area contributed by atoms with Crippen molar-refractivity contribution in [3.63, 3.8) is 0 Å². The molecule has 1 saturated heterocycles. The van der Waals surface area contributed by atoms with Crippen molar-refractivity contribution >= 4 is 15.9 Å². The maximum Gasteiger partial charge on any atom is 0.238 e. The standard InChI is InChI=1S/C10H21N3O3S/c1-7(2)12-10(14)8(3)13-17(15,16)9-4-5-11-6-9/h7-9,11,13H,4-6H2,1-3H3,(H,12,14). The van der Waals surface area contributed by atoms with Crippen molar-refractivity contribution in [2.24, 2.45) is 0 Å². The molecule has 0 aromatic heterocycles. The van der Waals surface area contributed by atoms with Gasteiger partial charge in [-0.05, 0) is 33.7 Å². The van der Waals surface area contributed by atoms with Crippen LogP contribution in [-0.4, -0.2) is 44.7 Å².